The zero-order valence-electron chi connectivity index (χ0n) is 12.4. The van der Waals surface area contributed by atoms with Gasteiger partial charge >= 0.3 is 6.18 Å². The van der Waals surface area contributed by atoms with Crippen molar-refractivity contribution >= 4 is 31.8 Å². The van der Waals surface area contributed by atoms with E-state index in [9.17, 15) is 21.6 Å². The average Bonchev–Trinajstić information content (AvgIpc) is 2.52. The Labute approximate surface area is 147 Å². The van der Waals surface area contributed by atoms with E-state index in [1.807, 2.05) is 0 Å². The topological polar surface area (TPSA) is 34.1 Å². The molecule has 0 aliphatic rings. The van der Waals surface area contributed by atoms with E-state index in [0.29, 0.717) is 5.56 Å². The van der Waals surface area contributed by atoms with Gasteiger partial charge in [0.2, 0.25) is 0 Å². The summed E-state index contributed by atoms with van der Waals surface area (Å²) in [4.78, 5) is -0.329. The number of halogens is 4. The monoisotopic (exact) mass is 418 g/mol. The maximum absolute atomic E-state index is 13.3. The van der Waals surface area contributed by atoms with Crippen LogP contribution >= 0.6 is 15.9 Å². The third kappa shape index (κ3) is 4.70. The lowest BCUT2D eigenvalue weighted by Crippen LogP contribution is -2.36. The number of rotatable bonds is 5. The summed E-state index contributed by atoms with van der Waals surface area (Å²) in [6, 6.07) is 13.6. The number of hydrogen-bond acceptors (Lipinski definition) is 2. The minimum Gasteiger partial charge on any atom is -0.223 e. The Balaban J connectivity index is 2.25. The van der Waals surface area contributed by atoms with Gasteiger partial charge in [0.05, 0.1) is 4.90 Å². The Bertz CT molecular complexity index is 798. The molecular formula is C17H14BrF3O2S. The maximum Gasteiger partial charge on any atom is 0.406 e. The first-order valence-corrected chi connectivity index (χ1v) is 9.33. The summed E-state index contributed by atoms with van der Waals surface area (Å²) in [6.45, 7) is 0. The molecule has 0 heterocycles. The van der Waals surface area contributed by atoms with E-state index in [4.69, 9.17) is 0 Å². The maximum atomic E-state index is 13.3. The molecule has 24 heavy (non-hydrogen) atoms. The second-order valence-corrected chi connectivity index (χ2v) is 8.12. The molecule has 0 bridgehead atoms. The Kier molecular flexibility index (Phi) is 5.87. The zero-order chi connectivity index (χ0) is 17.8. The molecule has 2 aromatic rings. The third-order valence-corrected chi connectivity index (χ3v) is 6.01. The second-order valence-electron chi connectivity index (χ2n) is 5.08. The summed E-state index contributed by atoms with van der Waals surface area (Å²) < 4.78 is 65.2. The lowest BCUT2D eigenvalue weighted by atomic mass is 10.2. The molecule has 2 aromatic carbocycles. The molecule has 0 saturated heterocycles. The summed E-state index contributed by atoms with van der Waals surface area (Å²) in [5.74, 6) is 0. The Morgan fingerprint density at radius 1 is 1.00 bits per heavy atom. The number of allylic oxidation sites excluding steroid dienone is 1. The van der Waals surface area contributed by atoms with Crippen molar-refractivity contribution in [3.63, 3.8) is 0 Å². The molecule has 0 aromatic heterocycles. The van der Waals surface area contributed by atoms with Gasteiger partial charge in [-0.15, -0.1) is 0 Å². The molecule has 0 aliphatic carbocycles. The third-order valence-electron chi connectivity index (χ3n) is 3.34. The smallest absolute Gasteiger partial charge is 0.223 e. The molecule has 2 rings (SSSR count). The van der Waals surface area contributed by atoms with Crippen LogP contribution in [0.4, 0.5) is 13.2 Å². The van der Waals surface area contributed by atoms with Crippen LogP contribution in [0.5, 0.6) is 0 Å². The van der Waals surface area contributed by atoms with Crippen molar-refractivity contribution in [2.75, 3.05) is 0 Å². The van der Waals surface area contributed by atoms with Gasteiger partial charge < -0.3 is 0 Å². The fourth-order valence-corrected chi connectivity index (χ4v) is 3.96. The number of benzene rings is 2. The minimum absolute atomic E-state index is 0.329. The van der Waals surface area contributed by atoms with Crippen LogP contribution < -0.4 is 0 Å². The highest BCUT2D eigenvalue weighted by molar-refractivity contribution is 9.10. The molecule has 1 atom stereocenters. The van der Waals surface area contributed by atoms with Crippen molar-refractivity contribution < 1.29 is 21.6 Å². The normalized spacial score (nSPS) is 14.0. The molecule has 1 unspecified atom stereocenters. The first-order chi connectivity index (χ1) is 11.2. The quantitative estimate of drug-likeness (QED) is 0.663. The zero-order valence-corrected chi connectivity index (χ0v) is 14.8. The van der Waals surface area contributed by atoms with Gasteiger partial charge in [-0.25, -0.2) is 8.42 Å². The van der Waals surface area contributed by atoms with Gasteiger partial charge in [0, 0.05) is 4.47 Å². The van der Waals surface area contributed by atoms with Crippen molar-refractivity contribution in [1.29, 1.82) is 0 Å². The molecule has 0 saturated carbocycles. The van der Waals surface area contributed by atoms with Crippen LogP contribution in [0.3, 0.4) is 0 Å². The summed E-state index contributed by atoms with van der Waals surface area (Å²) in [7, 11) is -4.50. The van der Waals surface area contributed by atoms with Gasteiger partial charge in [-0.2, -0.15) is 13.2 Å². The first kappa shape index (κ1) is 18.7. The highest BCUT2D eigenvalue weighted by atomic mass is 79.9. The number of hydrogen-bond donors (Lipinski definition) is 0. The van der Waals surface area contributed by atoms with Crippen molar-refractivity contribution in [1.82, 2.24) is 0 Å². The molecule has 0 N–H and O–H groups in total. The van der Waals surface area contributed by atoms with E-state index in [2.05, 4.69) is 15.9 Å². The van der Waals surface area contributed by atoms with Crippen molar-refractivity contribution in [2.45, 2.75) is 22.7 Å². The molecule has 0 amide bonds. The molecule has 0 radical (unpaired) electrons. The highest BCUT2D eigenvalue weighted by Gasteiger charge is 2.48. The first-order valence-electron chi connectivity index (χ1n) is 6.99. The van der Waals surface area contributed by atoms with Crippen LogP contribution in [0.15, 0.2) is 70.0 Å². The molecule has 0 aliphatic heterocycles. The predicted octanol–water partition coefficient (Wildman–Crippen LogP) is 5.26. The van der Waals surface area contributed by atoms with Crippen molar-refractivity contribution in [3.8, 4) is 0 Å². The van der Waals surface area contributed by atoms with Crippen LogP contribution in [0.1, 0.15) is 12.0 Å². The molecule has 2 nitrogen and oxygen atoms in total. The van der Waals surface area contributed by atoms with E-state index in [0.717, 1.165) is 4.47 Å². The van der Waals surface area contributed by atoms with E-state index < -0.39 is 27.7 Å². The number of sulfone groups is 1. The summed E-state index contributed by atoms with van der Waals surface area (Å²) in [6.07, 6.45) is -2.77. The van der Waals surface area contributed by atoms with Crippen molar-refractivity contribution in [2.24, 2.45) is 0 Å². The van der Waals surface area contributed by atoms with Gasteiger partial charge in [0.25, 0.3) is 0 Å². The minimum atomic E-state index is -4.85. The summed E-state index contributed by atoms with van der Waals surface area (Å²) in [5, 5.41) is -2.47. The SMILES string of the molecule is O=S(=O)(c1ccccc1)C(C/C=C/c1ccc(Br)cc1)C(F)(F)F. The second kappa shape index (κ2) is 7.53. The Morgan fingerprint density at radius 2 is 1.58 bits per heavy atom. The predicted molar refractivity (Wildman–Crippen MR) is 91.3 cm³/mol. The van der Waals surface area contributed by atoms with E-state index in [1.54, 1.807) is 30.3 Å². The lowest BCUT2D eigenvalue weighted by molar-refractivity contribution is -0.129. The average molecular weight is 419 g/mol. The molecule has 7 heteroatoms. The Morgan fingerprint density at radius 3 is 2.12 bits per heavy atom. The van der Waals surface area contributed by atoms with Crippen LogP contribution in [-0.4, -0.2) is 19.8 Å². The fraction of sp³-hybridized carbons (Fsp3) is 0.176. The van der Waals surface area contributed by atoms with E-state index >= 15 is 0 Å². The summed E-state index contributed by atoms with van der Waals surface area (Å²) >= 11 is 3.26. The van der Waals surface area contributed by atoms with Gasteiger partial charge in [0.1, 0.15) is 0 Å². The standard InChI is InChI=1S/C17H14BrF3O2S/c18-14-11-9-13(10-12-14)5-4-8-16(17(19,20)21)24(22,23)15-6-2-1-3-7-15/h1-7,9-12,16H,8H2/b5-4+. The van der Waals surface area contributed by atoms with Crippen LogP contribution in [0, 0.1) is 0 Å². The summed E-state index contributed by atoms with van der Waals surface area (Å²) in [5.41, 5.74) is 0.691. The largest absolute Gasteiger partial charge is 0.406 e. The highest BCUT2D eigenvalue weighted by Crippen LogP contribution is 2.33. The van der Waals surface area contributed by atoms with Crippen LogP contribution in [0.2, 0.25) is 0 Å². The lowest BCUT2D eigenvalue weighted by Gasteiger charge is -2.19. The van der Waals surface area contributed by atoms with Gasteiger partial charge in [-0.1, -0.05) is 58.4 Å². The Hall–Kier alpha value is -1.60. The van der Waals surface area contributed by atoms with Gasteiger partial charge in [0.15, 0.2) is 15.1 Å². The van der Waals surface area contributed by atoms with Crippen molar-refractivity contribution in [3.05, 3.63) is 70.7 Å². The number of alkyl halides is 3. The molecule has 128 valence electrons. The van der Waals surface area contributed by atoms with Crippen LogP contribution in [-0.2, 0) is 9.84 Å². The fourth-order valence-electron chi connectivity index (χ4n) is 2.11. The van der Waals surface area contributed by atoms with E-state index in [-0.39, 0.29) is 4.90 Å². The molecule has 0 fully saturated rings. The van der Waals surface area contributed by atoms with Gasteiger partial charge in [-0.3, -0.25) is 0 Å². The van der Waals surface area contributed by atoms with Gasteiger partial charge in [-0.05, 0) is 36.2 Å². The molecular weight excluding hydrogens is 405 g/mol. The van der Waals surface area contributed by atoms with Crippen LogP contribution in [0.25, 0.3) is 6.08 Å². The van der Waals surface area contributed by atoms with E-state index in [1.165, 1.54) is 36.4 Å². The molecule has 0 spiro atoms.